The van der Waals surface area contributed by atoms with E-state index in [1.165, 1.54) is 0 Å². The average Bonchev–Trinajstić information content (AvgIpc) is 1.82. The highest BCUT2D eigenvalue weighted by molar-refractivity contribution is 7.89. The lowest BCUT2D eigenvalue weighted by atomic mass is 10.0. The molecule has 80 valence electrons. The first-order valence-electron chi connectivity index (χ1n) is 4.45. The summed E-state index contributed by atoms with van der Waals surface area (Å²) in [4.78, 5) is 0. The third-order valence-electron chi connectivity index (χ3n) is 1.64. The van der Waals surface area contributed by atoms with Crippen LogP contribution in [-0.2, 0) is 10.0 Å². The normalized spacial score (nSPS) is 13.2. The van der Waals surface area contributed by atoms with E-state index >= 15 is 0 Å². The van der Waals surface area contributed by atoms with Crippen LogP contribution < -0.4 is 4.72 Å². The fourth-order valence-electron chi connectivity index (χ4n) is 1.07. The number of aliphatic hydroxyl groups is 1. The largest absolute Gasteiger partial charge is 0.396 e. The van der Waals surface area contributed by atoms with Gasteiger partial charge in [0.2, 0.25) is 10.0 Å². The molecular formula is C8H19NO3S. The lowest BCUT2D eigenvalue weighted by Gasteiger charge is -2.24. The summed E-state index contributed by atoms with van der Waals surface area (Å²) in [5.74, 6) is 0.141. The van der Waals surface area contributed by atoms with Crippen molar-refractivity contribution >= 4 is 10.0 Å². The van der Waals surface area contributed by atoms with Crippen LogP contribution in [0.2, 0.25) is 0 Å². The Hall–Kier alpha value is -0.130. The third kappa shape index (κ3) is 6.01. The van der Waals surface area contributed by atoms with Crippen LogP contribution in [0.5, 0.6) is 0 Å². The summed E-state index contributed by atoms with van der Waals surface area (Å²) in [7, 11) is -3.17. The number of rotatable bonds is 6. The Morgan fingerprint density at radius 2 is 1.92 bits per heavy atom. The molecule has 0 aromatic rings. The Balaban J connectivity index is 4.25. The second-order valence-corrected chi connectivity index (χ2v) is 5.62. The molecule has 0 fully saturated rings. The molecule has 4 nitrogen and oxygen atoms in total. The summed E-state index contributed by atoms with van der Waals surface area (Å²) >= 11 is 0. The van der Waals surface area contributed by atoms with E-state index in [9.17, 15) is 8.42 Å². The van der Waals surface area contributed by atoms with Crippen molar-refractivity contribution in [1.29, 1.82) is 0 Å². The van der Waals surface area contributed by atoms with Crippen molar-refractivity contribution in [2.24, 2.45) is 0 Å². The van der Waals surface area contributed by atoms with Crippen molar-refractivity contribution in [3.05, 3.63) is 0 Å². The van der Waals surface area contributed by atoms with Crippen LogP contribution in [0.3, 0.4) is 0 Å². The van der Waals surface area contributed by atoms with E-state index in [1.54, 1.807) is 13.8 Å². The summed E-state index contributed by atoms with van der Waals surface area (Å²) in [5.41, 5.74) is -0.553. The first-order chi connectivity index (χ1) is 5.83. The van der Waals surface area contributed by atoms with Crippen LogP contribution >= 0.6 is 0 Å². The maximum absolute atomic E-state index is 11.3. The predicted octanol–water partition coefficient (Wildman–Crippen LogP) is 0.477. The molecular weight excluding hydrogens is 190 g/mol. The third-order valence-corrected chi connectivity index (χ3v) is 3.45. The number of hydrogen-bond acceptors (Lipinski definition) is 3. The molecule has 0 aliphatic heterocycles. The van der Waals surface area contributed by atoms with Gasteiger partial charge < -0.3 is 5.11 Å². The first-order valence-corrected chi connectivity index (χ1v) is 6.11. The number of nitrogens with one attached hydrogen (secondary N) is 1. The minimum Gasteiger partial charge on any atom is -0.396 e. The van der Waals surface area contributed by atoms with Crippen molar-refractivity contribution in [3.8, 4) is 0 Å². The minimum atomic E-state index is -3.17. The summed E-state index contributed by atoms with van der Waals surface area (Å²) in [6.45, 7) is 5.33. The van der Waals surface area contributed by atoms with Crippen LogP contribution in [0.25, 0.3) is 0 Å². The van der Waals surface area contributed by atoms with Crippen LogP contribution in [-0.4, -0.2) is 31.4 Å². The van der Waals surface area contributed by atoms with Gasteiger partial charge in [-0.05, 0) is 26.7 Å². The molecule has 0 spiro atoms. The molecule has 0 rings (SSSR count). The van der Waals surface area contributed by atoms with Gasteiger partial charge in [0.1, 0.15) is 0 Å². The molecule has 2 N–H and O–H groups in total. The van der Waals surface area contributed by atoms with E-state index < -0.39 is 15.6 Å². The maximum atomic E-state index is 11.3. The quantitative estimate of drug-likeness (QED) is 0.668. The van der Waals surface area contributed by atoms with E-state index in [0.29, 0.717) is 12.8 Å². The number of aliphatic hydroxyl groups excluding tert-OH is 1. The summed E-state index contributed by atoms with van der Waals surface area (Å²) in [6, 6.07) is 0. The molecule has 0 unspecified atom stereocenters. The molecule has 0 aliphatic carbocycles. The Bertz CT molecular complexity index is 234. The van der Waals surface area contributed by atoms with E-state index in [2.05, 4.69) is 4.72 Å². The lowest BCUT2D eigenvalue weighted by Crippen LogP contribution is -2.44. The van der Waals surface area contributed by atoms with Crippen LogP contribution in [0.4, 0.5) is 0 Å². The molecule has 0 atom stereocenters. The van der Waals surface area contributed by atoms with Crippen LogP contribution in [0, 0.1) is 0 Å². The SMILES string of the molecule is CCCS(=O)(=O)NC(C)(C)CCO. The Labute approximate surface area is 80.4 Å². The molecule has 0 bridgehead atoms. The Morgan fingerprint density at radius 3 is 2.31 bits per heavy atom. The van der Waals surface area contributed by atoms with Gasteiger partial charge in [-0.2, -0.15) is 0 Å². The highest BCUT2D eigenvalue weighted by Gasteiger charge is 2.23. The van der Waals surface area contributed by atoms with Gasteiger partial charge in [0.05, 0.1) is 5.75 Å². The van der Waals surface area contributed by atoms with Gasteiger partial charge in [0.25, 0.3) is 0 Å². The zero-order valence-electron chi connectivity index (χ0n) is 8.50. The minimum absolute atomic E-state index is 0.0123. The fourth-order valence-corrected chi connectivity index (χ4v) is 2.65. The van der Waals surface area contributed by atoms with Gasteiger partial charge >= 0.3 is 0 Å². The smallest absolute Gasteiger partial charge is 0.212 e. The van der Waals surface area contributed by atoms with Crippen molar-refractivity contribution in [1.82, 2.24) is 4.72 Å². The topological polar surface area (TPSA) is 66.4 Å². The van der Waals surface area contributed by atoms with Gasteiger partial charge in [-0.25, -0.2) is 13.1 Å². The zero-order chi connectivity index (χ0) is 10.5. The molecule has 0 saturated carbocycles. The fraction of sp³-hybridized carbons (Fsp3) is 1.00. The monoisotopic (exact) mass is 209 g/mol. The van der Waals surface area contributed by atoms with E-state index in [-0.39, 0.29) is 12.4 Å². The lowest BCUT2D eigenvalue weighted by molar-refractivity contribution is 0.246. The van der Waals surface area contributed by atoms with Crippen molar-refractivity contribution in [3.63, 3.8) is 0 Å². The highest BCUT2D eigenvalue weighted by Crippen LogP contribution is 2.09. The molecule has 0 saturated heterocycles. The second kappa shape index (κ2) is 4.93. The summed E-state index contributed by atoms with van der Waals surface area (Å²) in [5, 5.41) is 8.69. The van der Waals surface area contributed by atoms with Crippen LogP contribution in [0.15, 0.2) is 0 Å². The molecule has 5 heteroatoms. The molecule has 0 heterocycles. The predicted molar refractivity (Wildman–Crippen MR) is 53.0 cm³/mol. The van der Waals surface area contributed by atoms with E-state index in [4.69, 9.17) is 5.11 Å². The molecule has 0 amide bonds. The standard InChI is InChI=1S/C8H19NO3S/c1-4-7-13(11,12)9-8(2,3)5-6-10/h9-10H,4-7H2,1-3H3. The number of sulfonamides is 1. The molecule has 0 aliphatic rings. The van der Waals surface area contributed by atoms with Crippen LogP contribution in [0.1, 0.15) is 33.6 Å². The summed E-state index contributed by atoms with van der Waals surface area (Å²) in [6.07, 6.45) is 1.03. The van der Waals surface area contributed by atoms with Crippen molar-refractivity contribution in [2.45, 2.75) is 39.2 Å². The Kier molecular flexibility index (Phi) is 4.88. The maximum Gasteiger partial charge on any atom is 0.212 e. The second-order valence-electron chi connectivity index (χ2n) is 3.78. The van der Waals surface area contributed by atoms with Gasteiger partial charge in [0, 0.05) is 12.1 Å². The van der Waals surface area contributed by atoms with Gasteiger partial charge in [-0.3, -0.25) is 0 Å². The molecule has 0 aromatic heterocycles. The first kappa shape index (κ1) is 12.9. The molecule has 0 radical (unpaired) electrons. The van der Waals surface area contributed by atoms with E-state index in [0.717, 1.165) is 0 Å². The van der Waals surface area contributed by atoms with Gasteiger partial charge in [-0.1, -0.05) is 6.92 Å². The summed E-state index contributed by atoms with van der Waals surface area (Å²) < 4.78 is 25.2. The van der Waals surface area contributed by atoms with E-state index in [1.807, 2.05) is 6.92 Å². The van der Waals surface area contributed by atoms with Gasteiger partial charge in [0.15, 0.2) is 0 Å². The highest BCUT2D eigenvalue weighted by atomic mass is 32.2. The van der Waals surface area contributed by atoms with Crippen molar-refractivity contribution in [2.75, 3.05) is 12.4 Å². The van der Waals surface area contributed by atoms with Crippen molar-refractivity contribution < 1.29 is 13.5 Å². The molecule has 0 aromatic carbocycles. The number of hydrogen-bond donors (Lipinski definition) is 2. The zero-order valence-corrected chi connectivity index (χ0v) is 9.32. The van der Waals surface area contributed by atoms with Gasteiger partial charge in [-0.15, -0.1) is 0 Å². The molecule has 13 heavy (non-hydrogen) atoms. The Morgan fingerprint density at radius 1 is 1.38 bits per heavy atom. The average molecular weight is 209 g/mol.